The van der Waals surface area contributed by atoms with Crippen LogP contribution < -0.4 is 0 Å². The van der Waals surface area contributed by atoms with Gasteiger partial charge in [-0.2, -0.15) is 5.10 Å². The molecule has 1 N–H and O–H groups in total. The number of hydrogen-bond donors (Lipinski definition) is 1. The largest absolute Gasteiger partial charge is 0.391 e. The number of aliphatic hydroxyl groups is 1. The predicted octanol–water partition coefficient (Wildman–Crippen LogP) is 3.47. The van der Waals surface area contributed by atoms with Crippen LogP contribution in [0.25, 0.3) is 5.82 Å². The van der Waals surface area contributed by atoms with E-state index in [1.165, 1.54) is 0 Å². The monoisotopic (exact) mass is 343 g/mol. The second-order valence-electron chi connectivity index (χ2n) is 5.27. The van der Waals surface area contributed by atoms with E-state index < -0.39 is 0 Å². The molecule has 0 spiro atoms. The fraction of sp³-hybridized carbons (Fsp3) is 0.385. The number of aromatic nitrogens is 3. The number of pyridine rings is 1. The van der Waals surface area contributed by atoms with Gasteiger partial charge in [-0.15, -0.1) is 0 Å². The van der Waals surface area contributed by atoms with Gasteiger partial charge in [0.2, 0.25) is 0 Å². The van der Waals surface area contributed by atoms with E-state index in [0.717, 1.165) is 10.2 Å². The van der Waals surface area contributed by atoms with E-state index in [9.17, 15) is 5.11 Å². The molecule has 0 aromatic carbocycles. The number of rotatable bonds is 2. The molecular weight excluding hydrogens is 330 g/mol. The summed E-state index contributed by atoms with van der Waals surface area (Å²) in [5.41, 5.74) is 1.24. The summed E-state index contributed by atoms with van der Waals surface area (Å²) in [4.78, 5) is 4.27. The van der Waals surface area contributed by atoms with E-state index in [0.29, 0.717) is 16.5 Å². The highest BCUT2D eigenvalue weighted by Gasteiger charge is 2.26. The van der Waals surface area contributed by atoms with Gasteiger partial charge in [-0.3, -0.25) is 0 Å². The van der Waals surface area contributed by atoms with Crippen molar-refractivity contribution in [3.05, 3.63) is 39.2 Å². The zero-order valence-corrected chi connectivity index (χ0v) is 13.3. The van der Waals surface area contributed by atoms with Crippen molar-refractivity contribution in [1.29, 1.82) is 0 Å². The predicted molar refractivity (Wildman–Crippen MR) is 78.7 cm³/mol. The Kier molecular flexibility index (Phi) is 3.99. The Morgan fingerprint density at radius 2 is 2.05 bits per heavy atom. The molecule has 2 rings (SSSR count). The Morgan fingerprint density at radius 1 is 1.37 bits per heavy atom. The van der Waals surface area contributed by atoms with Crippen molar-refractivity contribution in [2.24, 2.45) is 0 Å². The van der Waals surface area contributed by atoms with Crippen LogP contribution in [0.2, 0.25) is 5.15 Å². The molecule has 0 unspecified atom stereocenters. The molecule has 0 saturated carbocycles. The molecule has 2 heterocycles. The molecule has 6 heteroatoms. The second kappa shape index (κ2) is 5.23. The molecule has 0 aliphatic carbocycles. The van der Waals surface area contributed by atoms with Gasteiger partial charge in [-0.25, -0.2) is 9.67 Å². The summed E-state index contributed by atoms with van der Waals surface area (Å²) < 4.78 is 2.44. The van der Waals surface area contributed by atoms with Gasteiger partial charge in [0.25, 0.3) is 0 Å². The third-order valence-corrected chi connectivity index (χ3v) is 3.58. The van der Waals surface area contributed by atoms with Crippen LogP contribution in [0.3, 0.4) is 0 Å². The molecule has 0 atom stereocenters. The maximum Gasteiger partial charge on any atom is 0.155 e. The molecule has 2 aromatic rings. The molecule has 4 nitrogen and oxygen atoms in total. The molecule has 0 fully saturated rings. The molecule has 102 valence electrons. The van der Waals surface area contributed by atoms with Gasteiger partial charge < -0.3 is 5.11 Å². The van der Waals surface area contributed by atoms with Crippen LogP contribution in [0.15, 0.2) is 22.8 Å². The van der Waals surface area contributed by atoms with Crippen molar-refractivity contribution < 1.29 is 5.11 Å². The van der Waals surface area contributed by atoms with Gasteiger partial charge in [-0.1, -0.05) is 32.4 Å². The van der Waals surface area contributed by atoms with Crippen molar-refractivity contribution in [3.8, 4) is 5.82 Å². The normalized spacial score (nSPS) is 11.9. The third kappa shape index (κ3) is 2.83. The van der Waals surface area contributed by atoms with Crippen molar-refractivity contribution in [2.75, 3.05) is 0 Å². The first kappa shape index (κ1) is 14.5. The Morgan fingerprint density at radius 3 is 2.47 bits per heavy atom. The van der Waals surface area contributed by atoms with E-state index in [2.05, 4.69) is 26.0 Å². The Hall–Kier alpha value is -0.910. The van der Waals surface area contributed by atoms with E-state index in [1.54, 1.807) is 10.9 Å². The molecule has 0 saturated heterocycles. The molecule has 0 aliphatic heterocycles. The van der Waals surface area contributed by atoms with E-state index in [1.807, 2.05) is 32.9 Å². The minimum absolute atomic E-state index is 0.137. The minimum Gasteiger partial charge on any atom is -0.391 e. The SMILES string of the molecule is CC(C)(C)c1nn(-c2ccc(Br)cn2)c(Cl)c1CO. The fourth-order valence-electron chi connectivity index (χ4n) is 1.82. The topological polar surface area (TPSA) is 50.9 Å². The lowest BCUT2D eigenvalue weighted by atomic mass is 9.90. The second-order valence-corrected chi connectivity index (χ2v) is 6.55. The van der Waals surface area contributed by atoms with Gasteiger partial charge >= 0.3 is 0 Å². The highest BCUT2D eigenvalue weighted by atomic mass is 79.9. The summed E-state index contributed by atoms with van der Waals surface area (Å²) >= 11 is 9.64. The minimum atomic E-state index is -0.192. The van der Waals surface area contributed by atoms with Gasteiger partial charge in [-0.05, 0) is 28.1 Å². The lowest BCUT2D eigenvalue weighted by Crippen LogP contribution is -2.15. The van der Waals surface area contributed by atoms with E-state index >= 15 is 0 Å². The highest BCUT2D eigenvalue weighted by Crippen LogP contribution is 2.31. The van der Waals surface area contributed by atoms with Crippen LogP contribution >= 0.6 is 27.5 Å². The Bertz CT molecular complexity index is 587. The number of hydrogen-bond acceptors (Lipinski definition) is 3. The first-order chi connectivity index (χ1) is 8.84. The summed E-state index contributed by atoms with van der Waals surface area (Å²) in [6, 6.07) is 3.69. The smallest absolute Gasteiger partial charge is 0.155 e. The van der Waals surface area contributed by atoms with E-state index in [4.69, 9.17) is 11.6 Å². The maximum absolute atomic E-state index is 9.50. The Labute approximate surface area is 125 Å². The summed E-state index contributed by atoms with van der Waals surface area (Å²) in [5, 5.41) is 14.4. The third-order valence-electron chi connectivity index (χ3n) is 2.72. The quantitative estimate of drug-likeness (QED) is 0.907. The van der Waals surface area contributed by atoms with E-state index in [-0.39, 0.29) is 12.0 Å². The Balaban J connectivity index is 2.59. The molecule has 0 aliphatic rings. The lowest BCUT2D eigenvalue weighted by Gasteiger charge is -2.16. The molecule has 19 heavy (non-hydrogen) atoms. The molecular formula is C13H15BrClN3O. The van der Waals surface area contributed by atoms with Gasteiger partial charge in [0.1, 0.15) is 5.15 Å². The van der Waals surface area contributed by atoms with Crippen LogP contribution in [0.1, 0.15) is 32.0 Å². The van der Waals surface area contributed by atoms with Crippen LogP contribution in [0.4, 0.5) is 0 Å². The summed E-state index contributed by atoms with van der Waals surface area (Å²) in [5.74, 6) is 0.624. The van der Waals surface area contributed by atoms with Gasteiger partial charge in [0.05, 0.1) is 12.3 Å². The first-order valence-corrected chi connectivity index (χ1v) is 7.02. The number of halogens is 2. The molecule has 0 radical (unpaired) electrons. The molecule has 2 aromatic heterocycles. The van der Waals surface area contributed by atoms with Crippen molar-refractivity contribution >= 4 is 27.5 Å². The van der Waals surface area contributed by atoms with Crippen molar-refractivity contribution in [3.63, 3.8) is 0 Å². The zero-order valence-electron chi connectivity index (χ0n) is 11.0. The zero-order chi connectivity index (χ0) is 14.2. The molecule has 0 amide bonds. The fourth-order valence-corrected chi connectivity index (χ4v) is 2.33. The van der Waals surface area contributed by atoms with Crippen LogP contribution in [0, 0.1) is 0 Å². The average Bonchev–Trinajstić information content (AvgIpc) is 2.67. The van der Waals surface area contributed by atoms with Crippen molar-refractivity contribution in [1.82, 2.24) is 14.8 Å². The summed E-state index contributed by atoms with van der Waals surface area (Å²) in [6.45, 7) is 5.96. The average molecular weight is 345 g/mol. The van der Waals surface area contributed by atoms with Crippen LogP contribution in [-0.2, 0) is 12.0 Å². The maximum atomic E-state index is 9.50. The lowest BCUT2D eigenvalue weighted by molar-refractivity contribution is 0.278. The van der Waals surface area contributed by atoms with Gasteiger partial charge in [0.15, 0.2) is 5.82 Å². The van der Waals surface area contributed by atoms with Gasteiger partial charge in [0, 0.05) is 21.6 Å². The van der Waals surface area contributed by atoms with Crippen LogP contribution in [0.5, 0.6) is 0 Å². The van der Waals surface area contributed by atoms with Crippen LogP contribution in [-0.4, -0.2) is 19.9 Å². The molecule has 0 bridgehead atoms. The summed E-state index contributed by atoms with van der Waals surface area (Å²) in [7, 11) is 0. The number of nitrogens with zero attached hydrogens (tertiary/aromatic N) is 3. The highest BCUT2D eigenvalue weighted by molar-refractivity contribution is 9.10. The summed E-state index contributed by atoms with van der Waals surface area (Å²) in [6.07, 6.45) is 1.68. The number of aliphatic hydroxyl groups excluding tert-OH is 1. The first-order valence-electron chi connectivity index (χ1n) is 5.85. The standard InChI is InChI=1S/C13H15BrClN3O/c1-13(2,3)11-9(7-19)12(15)18(17-11)10-5-4-8(14)6-16-10/h4-6,19H,7H2,1-3H3. The van der Waals surface area contributed by atoms with Crippen molar-refractivity contribution in [2.45, 2.75) is 32.8 Å².